The second kappa shape index (κ2) is 6.67. The van der Waals surface area contributed by atoms with E-state index in [0.717, 1.165) is 32.9 Å². The highest BCUT2D eigenvalue weighted by Crippen LogP contribution is 2.30. The summed E-state index contributed by atoms with van der Waals surface area (Å²) in [5.41, 5.74) is 5.06. The molecule has 0 aliphatic rings. The minimum atomic E-state index is 0.0298. The molecular formula is C14H18BrN3OS. The number of hydrogen-bond acceptors (Lipinski definition) is 5. The van der Waals surface area contributed by atoms with Gasteiger partial charge in [0.2, 0.25) is 0 Å². The van der Waals surface area contributed by atoms with Gasteiger partial charge < -0.3 is 4.74 Å². The molecular weight excluding hydrogens is 338 g/mol. The summed E-state index contributed by atoms with van der Waals surface area (Å²) in [5.74, 6) is 6.51. The van der Waals surface area contributed by atoms with Crippen molar-refractivity contribution in [2.45, 2.75) is 26.3 Å². The average Bonchev–Trinajstić information content (AvgIpc) is 2.74. The smallest absolute Gasteiger partial charge is 0.133 e. The van der Waals surface area contributed by atoms with Gasteiger partial charge >= 0.3 is 0 Å². The van der Waals surface area contributed by atoms with Gasteiger partial charge in [-0.1, -0.05) is 6.07 Å². The van der Waals surface area contributed by atoms with Crippen LogP contribution < -0.4 is 16.0 Å². The monoisotopic (exact) mass is 355 g/mol. The van der Waals surface area contributed by atoms with Crippen molar-refractivity contribution in [1.29, 1.82) is 0 Å². The SMILES string of the molecule is COc1ccc(C(Cc2nc(C)c(C)s2)NN)cc1Br. The van der Waals surface area contributed by atoms with Gasteiger partial charge in [-0.05, 0) is 47.5 Å². The van der Waals surface area contributed by atoms with Crippen molar-refractivity contribution in [3.63, 3.8) is 0 Å². The highest BCUT2D eigenvalue weighted by molar-refractivity contribution is 9.10. The van der Waals surface area contributed by atoms with Crippen molar-refractivity contribution in [1.82, 2.24) is 10.4 Å². The molecule has 20 heavy (non-hydrogen) atoms. The van der Waals surface area contributed by atoms with Crippen LogP contribution in [0, 0.1) is 13.8 Å². The normalized spacial score (nSPS) is 12.4. The molecule has 1 atom stereocenters. The van der Waals surface area contributed by atoms with Crippen LogP contribution in [0.4, 0.5) is 0 Å². The summed E-state index contributed by atoms with van der Waals surface area (Å²) in [6, 6.07) is 6.00. The minimum absolute atomic E-state index is 0.0298. The number of halogens is 1. The summed E-state index contributed by atoms with van der Waals surface area (Å²) in [5, 5.41) is 1.09. The summed E-state index contributed by atoms with van der Waals surface area (Å²) in [4.78, 5) is 5.82. The third kappa shape index (κ3) is 3.38. The summed E-state index contributed by atoms with van der Waals surface area (Å²) in [6.45, 7) is 4.12. The van der Waals surface area contributed by atoms with Crippen LogP contribution in [0.2, 0.25) is 0 Å². The molecule has 2 aromatic rings. The molecule has 1 heterocycles. The number of rotatable bonds is 5. The standard InChI is InChI=1S/C14H18BrN3OS/c1-8-9(2)20-14(17-8)7-12(18-16)10-4-5-13(19-3)11(15)6-10/h4-6,12,18H,7,16H2,1-3H3. The lowest BCUT2D eigenvalue weighted by Gasteiger charge is -2.16. The second-order valence-corrected chi connectivity index (χ2v) is 6.71. The van der Waals surface area contributed by atoms with Crippen LogP contribution in [-0.2, 0) is 6.42 Å². The molecule has 0 amide bonds. The van der Waals surface area contributed by atoms with Crippen molar-refractivity contribution in [3.8, 4) is 5.75 Å². The Morgan fingerprint density at radius 1 is 1.45 bits per heavy atom. The van der Waals surface area contributed by atoms with E-state index in [-0.39, 0.29) is 6.04 Å². The Labute approximate surface area is 131 Å². The van der Waals surface area contributed by atoms with Gasteiger partial charge in [0.1, 0.15) is 5.75 Å². The van der Waals surface area contributed by atoms with Crippen LogP contribution in [-0.4, -0.2) is 12.1 Å². The molecule has 1 aromatic heterocycles. The maximum absolute atomic E-state index is 5.70. The van der Waals surface area contributed by atoms with Crippen LogP contribution in [0.5, 0.6) is 5.75 Å². The number of thiazole rings is 1. The van der Waals surface area contributed by atoms with Gasteiger partial charge in [0, 0.05) is 11.3 Å². The molecule has 0 radical (unpaired) electrons. The number of benzene rings is 1. The Bertz CT molecular complexity index is 581. The average molecular weight is 356 g/mol. The van der Waals surface area contributed by atoms with Gasteiger partial charge in [0.25, 0.3) is 0 Å². The van der Waals surface area contributed by atoms with E-state index >= 15 is 0 Å². The Morgan fingerprint density at radius 2 is 2.20 bits per heavy atom. The predicted molar refractivity (Wildman–Crippen MR) is 86.1 cm³/mol. The highest BCUT2D eigenvalue weighted by atomic mass is 79.9. The largest absolute Gasteiger partial charge is 0.496 e. The van der Waals surface area contributed by atoms with E-state index in [1.54, 1.807) is 18.4 Å². The third-order valence-corrected chi connectivity index (χ3v) is 4.95. The van der Waals surface area contributed by atoms with Gasteiger partial charge in [-0.3, -0.25) is 11.3 Å². The molecule has 3 N–H and O–H groups in total. The quantitative estimate of drug-likeness (QED) is 0.638. The van der Waals surface area contributed by atoms with Crippen molar-refractivity contribution >= 4 is 27.3 Å². The number of ether oxygens (including phenoxy) is 1. The summed E-state index contributed by atoms with van der Waals surface area (Å²) in [7, 11) is 1.65. The Balaban J connectivity index is 2.21. The minimum Gasteiger partial charge on any atom is -0.496 e. The number of nitrogens with one attached hydrogen (secondary N) is 1. The molecule has 1 unspecified atom stereocenters. The van der Waals surface area contributed by atoms with E-state index < -0.39 is 0 Å². The first-order chi connectivity index (χ1) is 9.55. The number of methoxy groups -OCH3 is 1. The molecule has 4 nitrogen and oxygen atoms in total. The Morgan fingerprint density at radius 3 is 2.70 bits per heavy atom. The lowest BCUT2D eigenvalue weighted by Crippen LogP contribution is -2.29. The van der Waals surface area contributed by atoms with Gasteiger partial charge in [0.05, 0.1) is 28.3 Å². The fraction of sp³-hybridized carbons (Fsp3) is 0.357. The Hall–Kier alpha value is -0.950. The lowest BCUT2D eigenvalue weighted by atomic mass is 10.0. The van der Waals surface area contributed by atoms with Crippen molar-refractivity contribution in [2.24, 2.45) is 5.84 Å². The summed E-state index contributed by atoms with van der Waals surface area (Å²) in [6.07, 6.45) is 0.772. The Kier molecular flexibility index (Phi) is 5.15. The van der Waals surface area contributed by atoms with E-state index in [1.807, 2.05) is 25.1 Å². The van der Waals surface area contributed by atoms with Crippen molar-refractivity contribution in [2.75, 3.05) is 7.11 Å². The lowest BCUT2D eigenvalue weighted by molar-refractivity contribution is 0.411. The fourth-order valence-corrected chi connectivity index (χ4v) is 3.51. The highest BCUT2D eigenvalue weighted by Gasteiger charge is 2.15. The first-order valence-corrected chi connectivity index (χ1v) is 7.88. The number of nitrogens with zero attached hydrogens (tertiary/aromatic N) is 1. The zero-order chi connectivity index (χ0) is 14.7. The zero-order valence-corrected chi connectivity index (χ0v) is 14.1. The molecule has 0 fully saturated rings. The van der Waals surface area contributed by atoms with Crippen LogP contribution in [0.15, 0.2) is 22.7 Å². The number of aromatic nitrogens is 1. The van der Waals surface area contributed by atoms with Crippen molar-refractivity contribution < 1.29 is 4.74 Å². The molecule has 6 heteroatoms. The molecule has 0 saturated heterocycles. The van der Waals surface area contributed by atoms with Crippen LogP contribution >= 0.6 is 27.3 Å². The molecule has 0 spiro atoms. The molecule has 108 valence electrons. The first kappa shape index (κ1) is 15.4. The summed E-state index contributed by atoms with van der Waals surface area (Å²) < 4.78 is 6.16. The fourth-order valence-electron chi connectivity index (χ4n) is 1.97. The number of hydrogen-bond donors (Lipinski definition) is 2. The number of hydrazine groups is 1. The molecule has 2 rings (SSSR count). The van der Waals surface area contributed by atoms with E-state index in [0.29, 0.717) is 0 Å². The van der Waals surface area contributed by atoms with Gasteiger partial charge in [0.15, 0.2) is 0 Å². The van der Waals surface area contributed by atoms with Crippen LogP contribution in [0.1, 0.15) is 27.2 Å². The third-order valence-electron chi connectivity index (χ3n) is 3.23. The van der Waals surface area contributed by atoms with E-state index in [9.17, 15) is 0 Å². The summed E-state index contributed by atoms with van der Waals surface area (Å²) >= 11 is 5.22. The predicted octanol–water partition coefficient (Wildman–Crippen LogP) is 3.28. The molecule has 0 bridgehead atoms. The first-order valence-electron chi connectivity index (χ1n) is 6.27. The number of aryl methyl sites for hydroxylation is 2. The van der Waals surface area contributed by atoms with E-state index in [2.05, 4.69) is 33.3 Å². The molecule has 0 aliphatic heterocycles. The van der Waals surface area contributed by atoms with Gasteiger partial charge in [-0.15, -0.1) is 11.3 Å². The maximum Gasteiger partial charge on any atom is 0.133 e. The molecule has 0 aliphatic carbocycles. The molecule has 1 aromatic carbocycles. The van der Waals surface area contributed by atoms with E-state index in [4.69, 9.17) is 10.6 Å². The topological polar surface area (TPSA) is 60.2 Å². The second-order valence-electron chi connectivity index (χ2n) is 4.57. The van der Waals surface area contributed by atoms with E-state index in [1.165, 1.54) is 4.88 Å². The zero-order valence-electron chi connectivity index (χ0n) is 11.7. The van der Waals surface area contributed by atoms with Crippen molar-refractivity contribution in [3.05, 3.63) is 43.8 Å². The van der Waals surface area contributed by atoms with Gasteiger partial charge in [-0.2, -0.15) is 0 Å². The maximum atomic E-state index is 5.70. The number of nitrogens with two attached hydrogens (primary N) is 1. The van der Waals surface area contributed by atoms with Crippen LogP contribution in [0.25, 0.3) is 0 Å². The molecule has 0 saturated carbocycles. The van der Waals surface area contributed by atoms with Gasteiger partial charge in [-0.25, -0.2) is 4.98 Å². The van der Waals surface area contributed by atoms with Crippen LogP contribution in [0.3, 0.4) is 0 Å².